The molecular formula is C9H8N2O2S2. The molecule has 0 unspecified atom stereocenters. The van der Waals surface area contributed by atoms with Crippen molar-refractivity contribution >= 4 is 33.8 Å². The average Bonchev–Trinajstić information content (AvgIpc) is 2.85. The van der Waals surface area contributed by atoms with E-state index in [0.29, 0.717) is 5.13 Å². The van der Waals surface area contributed by atoms with Gasteiger partial charge in [-0.25, -0.2) is 4.98 Å². The lowest BCUT2D eigenvalue weighted by Gasteiger charge is -1.95. The molecule has 0 radical (unpaired) electrons. The van der Waals surface area contributed by atoms with Crippen LogP contribution >= 0.6 is 22.7 Å². The molecule has 2 heterocycles. The highest BCUT2D eigenvalue weighted by Gasteiger charge is 2.05. The van der Waals surface area contributed by atoms with Gasteiger partial charge in [0.1, 0.15) is 6.54 Å². The van der Waals surface area contributed by atoms with Crippen LogP contribution in [0.5, 0.6) is 0 Å². The van der Waals surface area contributed by atoms with Crippen molar-refractivity contribution in [3.8, 4) is 10.6 Å². The molecule has 0 aliphatic heterocycles. The first-order valence-corrected chi connectivity index (χ1v) is 5.97. The first-order valence-electron chi connectivity index (χ1n) is 4.21. The van der Waals surface area contributed by atoms with Gasteiger partial charge in [0.15, 0.2) is 5.13 Å². The molecule has 0 aromatic carbocycles. The van der Waals surface area contributed by atoms with E-state index in [1.807, 2.05) is 22.9 Å². The highest BCUT2D eigenvalue weighted by atomic mass is 32.1. The molecule has 0 amide bonds. The monoisotopic (exact) mass is 240 g/mol. The Labute approximate surface area is 94.2 Å². The molecule has 6 heteroatoms. The van der Waals surface area contributed by atoms with Crippen molar-refractivity contribution < 1.29 is 9.90 Å². The fourth-order valence-corrected chi connectivity index (χ4v) is 2.51. The van der Waals surface area contributed by atoms with Crippen molar-refractivity contribution in [2.45, 2.75) is 0 Å². The van der Waals surface area contributed by atoms with Crippen LogP contribution in [0, 0.1) is 0 Å². The van der Waals surface area contributed by atoms with Crippen LogP contribution < -0.4 is 5.32 Å². The second-order valence-electron chi connectivity index (χ2n) is 2.76. The van der Waals surface area contributed by atoms with Crippen molar-refractivity contribution in [1.82, 2.24) is 4.98 Å². The summed E-state index contributed by atoms with van der Waals surface area (Å²) in [5, 5.41) is 15.8. The van der Waals surface area contributed by atoms with Gasteiger partial charge >= 0.3 is 5.97 Å². The zero-order valence-corrected chi connectivity index (χ0v) is 9.27. The molecule has 2 aromatic heterocycles. The number of rotatable bonds is 4. The Balaban J connectivity index is 2.08. The lowest BCUT2D eigenvalue weighted by atomic mass is 10.4. The number of hydrogen-bond donors (Lipinski definition) is 2. The van der Waals surface area contributed by atoms with Gasteiger partial charge in [-0.1, -0.05) is 6.07 Å². The SMILES string of the molecule is O=C(O)CNc1nc(-c2cccs2)cs1. The lowest BCUT2D eigenvalue weighted by molar-refractivity contribution is -0.134. The molecule has 4 nitrogen and oxygen atoms in total. The maximum atomic E-state index is 10.3. The molecule has 2 N–H and O–H groups in total. The maximum Gasteiger partial charge on any atom is 0.322 e. The molecule has 0 atom stereocenters. The van der Waals surface area contributed by atoms with Crippen LogP contribution in [0.3, 0.4) is 0 Å². The quantitative estimate of drug-likeness (QED) is 0.861. The van der Waals surface area contributed by atoms with Gasteiger partial charge in [-0.15, -0.1) is 22.7 Å². The fraction of sp³-hybridized carbons (Fsp3) is 0.111. The van der Waals surface area contributed by atoms with Crippen LogP contribution in [0.15, 0.2) is 22.9 Å². The number of carboxylic acids is 1. The number of carboxylic acid groups (broad SMARTS) is 1. The molecule has 0 fully saturated rings. The number of thiophene rings is 1. The fourth-order valence-electron chi connectivity index (χ4n) is 1.04. The van der Waals surface area contributed by atoms with Gasteiger partial charge in [0.25, 0.3) is 0 Å². The van der Waals surface area contributed by atoms with Crippen LogP contribution in [-0.2, 0) is 4.79 Å². The van der Waals surface area contributed by atoms with E-state index in [4.69, 9.17) is 5.11 Å². The molecule has 0 saturated carbocycles. The summed E-state index contributed by atoms with van der Waals surface area (Å²) in [4.78, 5) is 15.7. The second kappa shape index (κ2) is 4.41. The van der Waals surface area contributed by atoms with Crippen LogP contribution in [-0.4, -0.2) is 22.6 Å². The minimum absolute atomic E-state index is 0.0998. The minimum Gasteiger partial charge on any atom is -0.480 e. The molecule has 0 aliphatic carbocycles. The van der Waals surface area contributed by atoms with Crippen LogP contribution in [0.25, 0.3) is 10.6 Å². The van der Waals surface area contributed by atoms with Gasteiger partial charge in [-0.2, -0.15) is 0 Å². The zero-order valence-electron chi connectivity index (χ0n) is 7.64. The van der Waals surface area contributed by atoms with E-state index in [0.717, 1.165) is 10.6 Å². The molecule has 0 aliphatic rings. The molecule has 2 rings (SSSR count). The van der Waals surface area contributed by atoms with Crippen LogP contribution in [0.2, 0.25) is 0 Å². The standard InChI is InChI=1S/C9H8N2O2S2/c12-8(13)4-10-9-11-6(5-15-9)7-2-1-3-14-7/h1-3,5H,4H2,(H,10,11)(H,12,13). The average molecular weight is 240 g/mol. The molecule has 2 aromatic rings. The van der Waals surface area contributed by atoms with Crippen molar-refractivity contribution in [3.05, 3.63) is 22.9 Å². The Bertz CT molecular complexity index is 450. The third kappa shape index (κ3) is 2.54. The third-order valence-corrected chi connectivity index (χ3v) is 3.36. The molecule has 0 saturated heterocycles. The van der Waals surface area contributed by atoms with Crippen molar-refractivity contribution in [1.29, 1.82) is 0 Å². The Morgan fingerprint density at radius 3 is 3.07 bits per heavy atom. The van der Waals surface area contributed by atoms with Gasteiger partial charge in [0.2, 0.25) is 0 Å². The summed E-state index contributed by atoms with van der Waals surface area (Å²) in [6.45, 7) is -0.0998. The summed E-state index contributed by atoms with van der Waals surface area (Å²) < 4.78 is 0. The summed E-state index contributed by atoms with van der Waals surface area (Å²) in [5.74, 6) is -0.886. The highest BCUT2D eigenvalue weighted by molar-refractivity contribution is 7.15. The topological polar surface area (TPSA) is 62.2 Å². The van der Waals surface area contributed by atoms with E-state index < -0.39 is 5.97 Å². The summed E-state index contributed by atoms with van der Waals surface area (Å²) in [6, 6.07) is 3.95. The van der Waals surface area contributed by atoms with E-state index in [1.165, 1.54) is 11.3 Å². The molecular weight excluding hydrogens is 232 g/mol. The first-order chi connectivity index (χ1) is 7.25. The van der Waals surface area contributed by atoms with Crippen molar-refractivity contribution in [2.24, 2.45) is 0 Å². The Hall–Kier alpha value is -1.40. The Morgan fingerprint density at radius 2 is 2.40 bits per heavy atom. The molecule has 0 spiro atoms. The van der Waals surface area contributed by atoms with E-state index in [2.05, 4.69) is 10.3 Å². The maximum absolute atomic E-state index is 10.3. The van der Waals surface area contributed by atoms with Gasteiger partial charge in [0.05, 0.1) is 10.6 Å². The molecule has 15 heavy (non-hydrogen) atoms. The molecule has 78 valence electrons. The summed E-state index contributed by atoms with van der Waals surface area (Å²) in [7, 11) is 0. The lowest BCUT2D eigenvalue weighted by Crippen LogP contribution is -2.11. The first kappa shape index (κ1) is 10.1. The number of anilines is 1. The zero-order chi connectivity index (χ0) is 10.7. The molecule has 0 bridgehead atoms. The second-order valence-corrected chi connectivity index (χ2v) is 4.57. The number of aromatic nitrogens is 1. The summed E-state index contributed by atoms with van der Waals surface area (Å²) >= 11 is 3.02. The number of aliphatic carboxylic acids is 1. The largest absolute Gasteiger partial charge is 0.480 e. The predicted octanol–water partition coefficient (Wildman–Crippen LogP) is 2.37. The normalized spacial score (nSPS) is 10.1. The number of thiazole rings is 1. The highest BCUT2D eigenvalue weighted by Crippen LogP contribution is 2.27. The van der Waals surface area contributed by atoms with Gasteiger partial charge < -0.3 is 10.4 Å². The Kier molecular flexibility index (Phi) is 2.98. The number of hydrogen-bond acceptors (Lipinski definition) is 5. The van der Waals surface area contributed by atoms with Crippen molar-refractivity contribution in [3.63, 3.8) is 0 Å². The van der Waals surface area contributed by atoms with Crippen LogP contribution in [0.1, 0.15) is 0 Å². The van der Waals surface area contributed by atoms with Gasteiger partial charge in [-0.05, 0) is 11.4 Å². The number of carbonyl (C=O) groups is 1. The van der Waals surface area contributed by atoms with E-state index in [-0.39, 0.29) is 6.54 Å². The Morgan fingerprint density at radius 1 is 1.53 bits per heavy atom. The minimum atomic E-state index is -0.886. The summed E-state index contributed by atoms with van der Waals surface area (Å²) in [5.41, 5.74) is 0.892. The number of nitrogens with one attached hydrogen (secondary N) is 1. The van der Waals surface area contributed by atoms with E-state index in [9.17, 15) is 4.79 Å². The van der Waals surface area contributed by atoms with E-state index in [1.54, 1.807) is 11.3 Å². The smallest absolute Gasteiger partial charge is 0.322 e. The predicted molar refractivity (Wildman–Crippen MR) is 61.6 cm³/mol. The summed E-state index contributed by atoms with van der Waals surface area (Å²) in [6.07, 6.45) is 0. The van der Waals surface area contributed by atoms with Gasteiger partial charge in [0, 0.05) is 5.38 Å². The van der Waals surface area contributed by atoms with E-state index >= 15 is 0 Å². The number of nitrogens with zero attached hydrogens (tertiary/aromatic N) is 1. The van der Waals surface area contributed by atoms with Gasteiger partial charge in [-0.3, -0.25) is 4.79 Å². The van der Waals surface area contributed by atoms with Crippen LogP contribution in [0.4, 0.5) is 5.13 Å². The van der Waals surface area contributed by atoms with Crippen molar-refractivity contribution in [2.75, 3.05) is 11.9 Å². The third-order valence-electron chi connectivity index (χ3n) is 1.67.